The van der Waals surface area contributed by atoms with E-state index in [1.165, 1.54) is 0 Å². The van der Waals surface area contributed by atoms with Crippen molar-refractivity contribution in [2.45, 2.75) is 32.3 Å². The Morgan fingerprint density at radius 1 is 1.56 bits per heavy atom. The van der Waals surface area contributed by atoms with E-state index in [1.807, 2.05) is 11.8 Å². The molecule has 5 heteroatoms. The van der Waals surface area contributed by atoms with E-state index in [4.69, 9.17) is 22.7 Å². The fourth-order valence-corrected chi connectivity index (χ4v) is 2.30. The van der Waals surface area contributed by atoms with Gasteiger partial charge in [-0.05, 0) is 19.3 Å². The normalized spacial score (nSPS) is 19.5. The van der Waals surface area contributed by atoms with Crippen LogP contribution >= 0.6 is 12.2 Å². The Bertz CT molecular complexity index is 263. The Balaban J connectivity index is 2.52. The third-order valence-electron chi connectivity index (χ3n) is 3.14. The van der Waals surface area contributed by atoms with Crippen molar-refractivity contribution in [3.8, 4) is 0 Å². The quantitative estimate of drug-likeness (QED) is 0.748. The molecule has 1 saturated heterocycles. The number of nitrogens with two attached hydrogens (primary N) is 1. The molecule has 0 aromatic rings. The number of methoxy groups -OCH3 is 1. The first-order valence-electron chi connectivity index (χ1n) is 5.71. The number of hydrogen-bond acceptors (Lipinski definition) is 3. The molecule has 0 radical (unpaired) electrons. The van der Waals surface area contributed by atoms with Crippen LogP contribution in [0.1, 0.15) is 26.2 Å². The van der Waals surface area contributed by atoms with Gasteiger partial charge in [-0.15, -0.1) is 0 Å². The van der Waals surface area contributed by atoms with Gasteiger partial charge in [-0.25, -0.2) is 0 Å². The Labute approximate surface area is 102 Å². The van der Waals surface area contributed by atoms with E-state index in [-0.39, 0.29) is 17.9 Å². The number of piperidine rings is 1. The fraction of sp³-hybridized carbons (Fsp3) is 0.818. The molecule has 0 aromatic carbocycles. The van der Waals surface area contributed by atoms with Gasteiger partial charge in [-0.3, -0.25) is 4.79 Å². The third-order valence-corrected chi connectivity index (χ3v) is 3.42. The van der Waals surface area contributed by atoms with Gasteiger partial charge in [0.1, 0.15) is 0 Å². The second-order valence-electron chi connectivity index (χ2n) is 4.12. The molecule has 1 amide bonds. The number of amides is 1. The number of ether oxygens (including phenoxy) is 1. The molecule has 16 heavy (non-hydrogen) atoms. The number of carbonyl (C=O) groups excluding carboxylic acids is 1. The van der Waals surface area contributed by atoms with Crippen molar-refractivity contribution in [3.63, 3.8) is 0 Å². The highest BCUT2D eigenvalue weighted by Gasteiger charge is 2.28. The molecule has 0 aliphatic carbocycles. The summed E-state index contributed by atoms with van der Waals surface area (Å²) in [6.07, 6.45) is 2.76. The Hall–Kier alpha value is -0.680. The van der Waals surface area contributed by atoms with Gasteiger partial charge in [-0.2, -0.15) is 0 Å². The molecule has 0 aromatic heterocycles. The summed E-state index contributed by atoms with van der Waals surface area (Å²) < 4.78 is 5.27. The van der Waals surface area contributed by atoms with Gasteiger partial charge < -0.3 is 15.4 Å². The molecular formula is C11H20N2O2S. The summed E-state index contributed by atoms with van der Waals surface area (Å²) in [5.41, 5.74) is 5.57. The zero-order valence-electron chi connectivity index (χ0n) is 9.94. The van der Waals surface area contributed by atoms with Crippen LogP contribution in [-0.4, -0.2) is 42.1 Å². The average molecular weight is 244 g/mol. The van der Waals surface area contributed by atoms with Crippen LogP contribution < -0.4 is 5.73 Å². The first-order valence-corrected chi connectivity index (χ1v) is 6.11. The molecule has 1 atom stereocenters. The number of hydrogen-bond donors (Lipinski definition) is 1. The molecule has 1 aliphatic heterocycles. The van der Waals surface area contributed by atoms with Gasteiger partial charge in [0.05, 0.1) is 17.0 Å². The highest BCUT2D eigenvalue weighted by Crippen LogP contribution is 2.16. The lowest BCUT2D eigenvalue weighted by Crippen LogP contribution is -2.46. The average Bonchev–Trinajstić information content (AvgIpc) is 2.29. The largest absolute Gasteiger partial charge is 0.393 e. The third kappa shape index (κ3) is 3.15. The molecule has 1 aliphatic rings. The van der Waals surface area contributed by atoms with Crippen molar-refractivity contribution < 1.29 is 9.53 Å². The van der Waals surface area contributed by atoms with Crippen LogP contribution in [0.2, 0.25) is 0 Å². The van der Waals surface area contributed by atoms with Crippen LogP contribution in [0.15, 0.2) is 0 Å². The number of rotatable bonds is 4. The summed E-state index contributed by atoms with van der Waals surface area (Å²) in [6, 6.07) is 0. The topological polar surface area (TPSA) is 55.6 Å². The monoisotopic (exact) mass is 244 g/mol. The zero-order chi connectivity index (χ0) is 12.1. The van der Waals surface area contributed by atoms with Gasteiger partial charge in [0.15, 0.2) is 0 Å². The molecule has 0 spiro atoms. The van der Waals surface area contributed by atoms with Gasteiger partial charge in [0.2, 0.25) is 5.91 Å². The highest BCUT2D eigenvalue weighted by molar-refractivity contribution is 7.80. The molecule has 1 unspecified atom stereocenters. The molecule has 0 bridgehead atoms. The summed E-state index contributed by atoms with van der Waals surface area (Å²) >= 11 is 4.91. The van der Waals surface area contributed by atoms with Crippen molar-refractivity contribution in [1.82, 2.24) is 4.90 Å². The van der Waals surface area contributed by atoms with Crippen LogP contribution in [0.25, 0.3) is 0 Å². The van der Waals surface area contributed by atoms with E-state index >= 15 is 0 Å². The predicted octanol–water partition coefficient (Wildman–Crippen LogP) is 0.936. The Morgan fingerprint density at radius 2 is 2.12 bits per heavy atom. The molecule has 1 fully saturated rings. The lowest BCUT2D eigenvalue weighted by Gasteiger charge is -2.33. The zero-order valence-corrected chi connectivity index (χ0v) is 10.8. The molecule has 92 valence electrons. The van der Waals surface area contributed by atoms with Crippen molar-refractivity contribution in [1.29, 1.82) is 0 Å². The number of likely N-dealkylation sites (tertiary alicyclic amines) is 1. The standard InChI is InChI=1S/C11H20N2O2S/c1-3-9(10(12)16)11(14)13-6-4-8(15-2)5-7-13/h8-9H,3-7H2,1-2H3,(H2,12,16). The maximum absolute atomic E-state index is 12.1. The second-order valence-corrected chi connectivity index (χ2v) is 4.59. The smallest absolute Gasteiger partial charge is 0.232 e. The number of thiocarbonyl (C=S) groups is 1. The molecular weight excluding hydrogens is 224 g/mol. The van der Waals surface area contributed by atoms with E-state index < -0.39 is 0 Å². The van der Waals surface area contributed by atoms with E-state index in [2.05, 4.69) is 0 Å². The minimum absolute atomic E-state index is 0.0737. The van der Waals surface area contributed by atoms with Crippen molar-refractivity contribution in [3.05, 3.63) is 0 Å². The van der Waals surface area contributed by atoms with Gasteiger partial charge >= 0.3 is 0 Å². The highest BCUT2D eigenvalue weighted by atomic mass is 32.1. The minimum atomic E-state index is -0.297. The predicted molar refractivity (Wildman–Crippen MR) is 67.2 cm³/mol. The summed E-state index contributed by atoms with van der Waals surface area (Å²) in [6.45, 7) is 3.43. The summed E-state index contributed by atoms with van der Waals surface area (Å²) in [5.74, 6) is -0.223. The van der Waals surface area contributed by atoms with Gasteiger partial charge in [-0.1, -0.05) is 19.1 Å². The maximum Gasteiger partial charge on any atom is 0.232 e. The van der Waals surface area contributed by atoms with Crippen molar-refractivity contribution >= 4 is 23.1 Å². The van der Waals surface area contributed by atoms with Crippen LogP contribution in [-0.2, 0) is 9.53 Å². The Morgan fingerprint density at radius 3 is 2.50 bits per heavy atom. The lowest BCUT2D eigenvalue weighted by atomic mass is 10.0. The van der Waals surface area contributed by atoms with Crippen molar-refractivity contribution in [2.24, 2.45) is 11.7 Å². The first kappa shape index (κ1) is 13.4. The van der Waals surface area contributed by atoms with E-state index in [9.17, 15) is 4.79 Å². The fourth-order valence-electron chi connectivity index (χ4n) is 2.03. The minimum Gasteiger partial charge on any atom is -0.393 e. The molecule has 4 nitrogen and oxygen atoms in total. The summed E-state index contributed by atoms with van der Waals surface area (Å²) in [5, 5.41) is 0. The van der Waals surface area contributed by atoms with Crippen LogP contribution in [0.5, 0.6) is 0 Å². The number of nitrogens with zero attached hydrogens (tertiary/aromatic N) is 1. The summed E-state index contributed by atoms with van der Waals surface area (Å²) in [7, 11) is 1.71. The second kappa shape index (κ2) is 6.15. The van der Waals surface area contributed by atoms with Crippen LogP contribution in [0, 0.1) is 5.92 Å². The first-order chi connectivity index (χ1) is 7.60. The van der Waals surface area contributed by atoms with Crippen LogP contribution in [0.4, 0.5) is 0 Å². The van der Waals surface area contributed by atoms with Gasteiger partial charge in [0, 0.05) is 20.2 Å². The number of carbonyl (C=O) groups is 1. The Kier molecular flexibility index (Phi) is 5.15. The van der Waals surface area contributed by atoms with Gasteiger partial charge in [0.25, 0.3) is 0 Å². The molecule has 0 saturated carbocycles. The maximum atomic E-state index is 12.1. The molecule has 1 rings (SSSR count). The van der Waals surface area contributed by atoms with E-state index in [1.54, 1.807) is 7.11 Å². The van der Waals surface area contributed by atoms with Crippen molar-refractivity contribution in [2.75, 3.05) is 20.2 Å². The van der Waals surface area contributed by atoms with E-state index in [0.29, 0.717) is 11.4 Å². The molecule has 2 N–H and O–H groups in total. The van der Waals surface area contributed by atoms with Crippen LogP contribution in [0.3, 0.4) is 0 Å². The lowest BCUT2D eigenvalue weighted by molar-refractivity contribution is -0.135. The summed E-state index contributed by atoms with van der Waals surface area (Å²) in [4.78, 5) is 14.2. The van der Waals surface area contributed by atoms with E-state index in [0.717, 1.165) is 25.9 Å². The SMILES string of the molecule is CCC(C(=O)N1CCC(OC)CC1)C(N)=S. The molecule has 1 heterocycles.